The number of aromatic nitrogens is 1. The van der Waals surface area contributed by atoms with Crippen LogP contribution in [0.2, 0.25) is 0 Å². The zero-order valence-corrected chi connectivity index (χ0v) is 21.5. The number of benzene rings is 3. The van der Waals surface area contributed by atoms with Crippen molar-refractivity contribution in [1.29, 1.82) is 0 Å². The van der Waals surface area contributed by atoms with E-state index in [9.17, 15) is 9.90 Å². The number of carbonyl (C=O) groups excluding carboxylic acids is 1. The van der Waals surface area contributed by atoms with Crippen LogP contribution in [0.4, 0.5) is 0 Å². The van der Waals surface area contributed by atoms with E-state index in [4.69, 9.17) is 0 Å². The minimum Gasteiger partial charge on any atom is -0.507 e. The lowest BCUT2D eigenvalue weighted by atomic mass is 9.78. The molecule has 2 N–H and O–H groups in total. The van der Waals surface area contributed by atoms with Gasteiger partial charge in [-0.2, -0.15) is 5.10 Å². The summed E-state index contributed by atoms with van der Waals surface area (Å²) in [6, 6.07) is 20.4. The zero-order valence-electron chi connectivity index (χ0n) is 21.5. The van der Waals surface area contributed by atoms with E-state index in [1.807, 2.05) is 36.4 Å². The number of hydrogen-bond acceptors (Lipinski definition) is 3. The van der Waals surface area contributed by atoms with Gasteiger partial charge in [0.15, 0.2) is 0 Å². The second-order valence-corrected chi connectivity index (χ2v) is 11.2. The molecular formula is C30H35N3O2. The smallest absolute Gasteiger partial charge is 0.241 e. The number of amides is 1. The van der Waals surface area contributed by atoms with Gasteiger partial charge in [-0.15, -0.1) is 0 Å². The van der Waals surface area contributed by atoms with Crippen molar-refractivity contribution in [3.05, 3.63) is 77.4 Å². The summed E-state index contributed by atoms with van der Waals surface area (Å²) in [6.07, 6.45) is 1.97. The summed E-state index contributed by atoms with van der Waals surface area (Å²) in [5.41, 5.74) is 7.05. The van der Waals surface area contributed by atoms with Gasteiger partial charge < -0.3 is 9.67 Å². The maximum Gasteiger partial charge on any atom is 0.241 e. The fraction of sp³-hybridized carbons (Fsp3) is 0.333. The molecule has 0 fully saturated rings. The number of aromatic hydroxyl groups is 1. The first-order chi connectivity index (χ1) is 16.5. The van der Waals surface area contributed by atoms with E-state index < -0.39 is 0 Å². The Balaban J connectivity index is 1.51. The highest BCUT2D eigenvalue weighted by molar-refractivity contribution is 6.08. The van der Waals surface area contributed by atoms with Gasteiger partial charge in [0, 0.05) is 45.9 Å². The van der Waals surface area contributed by atoms with E-state index in [1.165, 1.54) is 10.8 Å². The summed E-state index contributed by atoms with van der Waals surface area (Å²) in [6.45, 7) is 13.0. The number of nitrogens with one attached hydrogen (secondary N) is 1. The topological polar surface area (TPSA) is 66.6 Å². The van der Waals surface area contributed by atoms with Crippen molar-refractivity contribution >= 4 is 33.9 Å². The normalized spacial score (nSPS) is 12.6. The number of phenols is 1. The number of carbonyl (C=O) groups is 1. The van der Waals surface area contributed by atoms with Gasteiger partial charge in [-0.25, -0.2) is 5.43 Å². The van der Waals surface area contributed by atoms with Crippen molar-refractivity contribution in [2.24, 2.45) is 5.10 Å². The number of hydrazone groups is 1. The molecule has 35 heavy (non-hydrogen) atoms. The Morgan fingerprint density at radius 2 is 1.37 bits per heavy atom. The molecule has 3 aromatic carbocycles. The molecule has 1 aromatic heterocycles. The van der Waals surface area contributed by atoms with Crippen molar-refractivity contribution in [3.63, 3.8) is 0 Å². The van der Waals surface area contributed by atoms with Crippen LogP contribution >= 0.6 is 0 Å². The van der Waals surface area contributed by atoms with Gasteiger partial charge in [-0.1, -0.05) is 77.9 Å². The van der Waals surface area contributed by atoms with Gasteiger partial charge in [-0.3, -0.25) is 4.79 Å². The fourth-order valence-electron chi connectivity index (χ4n) is 4.57. The molecule has 0 aliphatic carbocycles. The molecule has 182 valence electrons. The molecule has 1 heterocycles. The number of aryl methyl sites for hydroxylation is 1. The van der Waals surface area contributed by atoms with Crippen molar-refractivity contribution in [2.45, 2.75) is 65.3 Å². The van der Waals surface area contributed by atoms with Crippen molar-refractivity contribution in [3.8, 4) is 5.75 Å². The van der Waals surface area contributed by atoms with Crippen LogP contribution in [0.15, 0.2) is 65.8 Å². The highest BCUT2D eigenvalue weighted by Gasteiger charge is 2.26. The number of phenolic OH excluding ortho intramolecular Hbond substituents is 1. The van der Waals surface area contributed by atoms with Crippen LogP contribution in [-0.2, 0) is 22.2 Å². The summed E-state index contributed by atoms with van der Waals surface area (Å²) in [5.74, 6) is 0.186. The molecule has 1 amide bonds. The first-order valence-corrected chi connectivity index (χ1v) is 12.1. The Kier molecular flexibility index (Phi) is 6.46. The molecule has 0 aliphatic heterocycles. The zero-order chi connectivity index (χ0) is 25.4. The average molecular weight is 470 g/mol. The highest BCUT2D eigenvalue weighted by Crippen LogP contribution is 2.39. The minimum absolute atomic E-state index is 0.144. The average Bonchev–Trinajstić information content (AvgIpc) is 3.11. The first kappa shape index (κ1) is 24.5. The maximum absolute atomic E-state index is 12.6. The number of fused-ring (bicyclic) bond motifs is 3. The molecule has 5 heteroatoms. The number of rotatable bonds is 5. The highest BCUT2D eigenvalue weighted by atomic mass is 16.3. The molecule has 0 unspecified atom stereocenters. The van der Waals surface area contributed by atoms with E-state index in [-0.39, 0.29) is 16.7 Å². The molecule has 0 saturated heterocycles. The second-order valence-electron chi connectivity index (χ2n) is 11.2. The van der Waals surface area contributed by atoms with E-state index >= 15 is 0 Å². The molecule has 5 nitrogen and oxygen atoms in total. The summed E-state index contributed by atoms with van der Waals surface area (Å²) in [7, 11) is 0. The summed E-state index contributed by atoms with van der Waals surface area (Å²) in [5, 5.41) is 17.5. The van der Waals surface area contributed by atoms with E-state index in [1.54, 1.807) is 6.21 Å². The van der Waals surface area contributed by atoms with Crippen LogP contribution in [0, 0.1) is 0 Å². The Morgan fingerprint density at radius 3 is 1.86 bits per heavy atom. The molecule has 0 spiro atoms. The molecular weight excluding hydrogens is 434 g/mol. The lowest BCUT2D eigenvalue weighted by Gasteiger charge is -2.27. The number of hydrogen-bond donors (Lipinski definition) is 2. The Labute approximate surface area is 207 Å². The lowest BCUT2D eigenvalue weighted by molar-refractivity contribution is -0.121. The predicted octanol–water partition coefficient (Wildman–Crippen LogP) is 6.64. The molecule has 0 aliphatic rings. The fourth-order valence-corrected chi connectivity index (χ4v) is 4.57. The SMILES string of the molecule is CC(C)(C)c1cc(C=NNC(=O)CCn2c3ccccc3c3ccccc32)cc(C(C)(C)C)c1O. The van der Waals surface area contributed by atoms with E-state index in [2.05, 4.69) is 80.9 Å². The second kappa shape index (κ2) is 9.21. The molecule has 0 bridgehead atoms. The number of para-hydroxylation sites is 2. The molecule has 0 atom stereocenters. The van der Waals surface area contributed by atoms with Gasteiger partial charge in [-0.05, 0) is 40.7 Å². The van der Waals surface area contributed by atoms with Crippen molar-refractivity contribution in [1.82, 2.24) is 9.99 Å². The molecule has 4 rings (SSSR count). The largest absolute Gasteiger partial charge is 0.507 e. The van der Waals surface area contributed by atoms with Crippen LogP contribution in [0.1, 0.15) is 64.7 Å². The Bertz CT molecular complexity index is 1330. The molecule has 0 saturated carbocycles. The van der Waals surface area contributed by atoms with Crippen LogP contribution in [0.5, 0.6) is 5.75 Å². The summed E-state index contributed by atoms with van der Waals surface area (Å²) >= 11 is 0. The van der Waals surface area contributed by atoms with E-state index in [0.717, 1.165) is 27.7 Å². The standard InChI is InChI=1S/C30H35N3O2/c1-29(2,3)23-17-20(18-24(28(23)35)30(4,5)6)19-31-32-27(34)15-16-33-25-13-9-7-11-21(25)22-12-8-10-14-26(22)33/h7-14,17-19,35H,15-16H2,1-6H3,(H,32,34). The predicted molar refractivity (Wildman–Crippen MR) is 145 cm³/mol. The van der Waals surface area contributed by atoms with Crippen LogP contribution in [0.3, 0.4) is 0 Å². The third-order valence-corrected chi connectivity index (χ3v) is 6.39. The van der Waals surface area contributed by atoms with Crippen molar-refractivity contribution < 1.29 is 9.90 Å². The minimum atomic E-state index is -0.223. The van der Waals surface area contributed by atoms with Crippen molar-refractivity contribution in [2.75, 3.05) is 0 Å². The Hall–Kier alpha value is -3.60. The van der Waals surface area contributed by atoms with Crippen LogP contribution in [-0.4, -0.2) is 21.8 Å². The lowest BCUT2D eigenvalue weighted by Crippen LogP contribution is -2.20. The maximum atomic E-state index is 12.6. The summed E-state index contributed by atoms with van der Waals surface area (Å²) < 4.78 is 2.19. The van der Waals surface area contributed by atoms with Gasteiger partial charge in [0.05, 0.1) is 6.21 Å². The Morgan fingerprint density at radius 1 is 0.886 bits per heavy atom. The summed E-state index contributed by atoms with van der Waals surface area (Å²) in [4.78, 5) is 12.6. The number of nitrogens with zero attached hydrogens (tertiary/aromatic N) is 2. The molecule has 0 radical (unpaired) electrons. The van der Waals surface area contributed by atoms with Gasteiger partial charge >= 0.3 is 0 Å². The monoisotopic (exact) mass is 469 g/mol. The van der Waals surface area contributed by atoms with Crippen LogP contribution < -0.4 is 5.43 Å². The van der Waals surface area contributed by atoms with Gasteiger partial charge in [0.1, 0.15) is 5.75 Å². The molecule has 4 aromatic rings. The van der Waals surface area contributed by atoms with Gasteiger partial charge in [0.2, 0.25) is 5.91 Å². The third-order valence-electron chi connectivity index (χ3n) is 6.39. The third kappa shape index (κ3) is 5.09. The van der Waals surface area contributed by atoms with E-state index in [0.29, 0.717) is 18.7 Å². The van der Waals surface area contributed by atoms with Gasteiger partial charge in [0.25, 0.3) is 0 Å². The quantitative estimate of drug-likeness (QED) is 0.254. The van der Waals surface area contributed by atoms with Crippen LogP contribution in [0.25, 0.3) is 21.8 Å². The first-order valence-electron chi connectivity index (χ1n) is 12.1.